The molecule has 0 radical (unpaired) electrons. The fourth-order valence-electron chi connectivity index (χ4n) is 2.81. The van der Waals surface area contributed by atoms with Gasteiger partial charge < -0.3 is 14.4 Å². The maximum atomic E-state index is 5.39. The molecule has 0 unspecified atom stereocenters. The van der Waals surface area contributed by atoms with Crippen molar-refractivity contribution in [3.63, 3.8) is 0 Å². The van der Waals surface area contributed by atoms with E-state index in [1.165, 1.54) is 0 Å². The lowest BCUT2D eigenvalue weighted by Crippen LogP contribution is -2.18. The minimum absolute atomic E-state index is 0.476. The zero-order chi connectivity index (χ0) is 18.6. The number of nitrogens with zero attached hydrogens (tertiary/aromatic N) is 5. The van der Waals surface area contributed by atoms with Gasteiger partial charge in [0.25, 0.3) is 5.89 Å². The van der Waals surface area contributed by atoms with Gasteiger partial charge in [0, 0.05) is 31.6 Å². The smallest absolute Gasteiger partial charge is 0.259 e. The number of H-pyrrole nitrogens is 1. The highest BCUT2D eigenvalue weighted by molar-refractivity contribution is 5.54. The largest absolute Gasteiger partial charge is 0.352 e. The van der Waals surface area contributed by atoms with E-state index in [4.69, 9.17) is 4.52 Å². The van der Waals surface area contributed by atoms with Crippen LogP contribution in [0.2, 0.25) is 0 Å². The van der Waals surface area contributed by atoms with Crippen molar-refractivity contribution in [1.82, 2.24) is 25.1 Å². The Kier molecular flexibility index (Phi) is 4.65. The highest BCUT2D eigenvalue weighted by atomic mass is 16.5. The molecule has 0 saturated carbocycles. The molecular weight excluding hydrogens is 340 g/mol. The zero-order valence-corrected chi connectivity index (χ0v) is 15.3. The van der Waals surface area contributed by atoms with Crippen molar-refractivity contribution in [2.75, 3.05) is 11.9 Å². The predicted molar refractivity (Wildman–Crippen MR) is 102 cm³/mol. The molecule has 0 aliphatic rings. The molecule has 4 aromatic rings. The molecule has 0 amide bonds. The molecule has 0 bridgehead atoms. The van der Waals surface area contributed by atoms with Crippen molar-refractivity contribution in [2.45, 2.75) is 19.9 Å². The molecule has 7 nitrogen and oxygen atoms in total. The summed E-state index contributed by atoms with van der Waals surface area (Å²) in [5, 5.41) is 4.07. The van der Waals surface area contributed by atoms with E-state index in [2.05, 4.69) is 25.1 Å². The van der Waals surface area contributed by atoms with Gasteiger partial charge >= 0.3 is 0 Å². The lowest BCUT2D eigenvalue weighted by molar-refractivity contribution is 0.424. The van der Waals surface area contributed by atoms with Crippen molar-refractivity contribution in [3.05, 3.63) is 77.8 Å². The first kappa shape index (κ1) is 17.0. The van der Waals surface area contributed by atoms with Gasteiger partial charge in [-0.05, 0) is 24.6 Å². The molecule has 1 aromatic carbocycles. The first-order chi connectivity index (χ1) is 13.2. The van der Waals surface area contributed by atoms with Crippen molar-refractivity contribution in [2.24, 2.45) is 0 Å². The Balaban J connectivity index is 1.44. The summed E-state index contributed by atoms with van der Waals surface area (Å²) in [4.78, 5) is 18.6. The van der Waals surface area contributed by atoms with E-state index in [-0.39, 0.29) is 0 Å². The summed E-state index contributed by atoms with van der Waals surface area (Å²) >= 11 is 0. The van der Waals surface area contributed by atoms with Gasteiger partial charge in [-0.25, -0.2) is 9.97 Å². The van der Waals surface area contributed by atoms with Crippen LogP contribution < -0.4 is 4.90 Å². The number of benzene rings is 1. The standard InChI is InChI=1S/C20H20N6O/c1-14-11-21-18(23-14)13-26(2)19-9-8-16(12-22-19)20-24-17(25-27-20)10-15-6-4-3-5-7-15/h3-9,11-12H,10,13H2,1-2H3,(H,21,23). The summed E-state index contributed by atoms with van der Waals surface area (Å²) in [5.41, 5.74) is 2.99. The van der Waals surface area contributed by atoms with Gasteiger partial charge in [-0.15, -0.1) is 0 Å². The average Bonchev–Trinajstić information content (AvgIpc) is 3.32. The summed E-state index contributed by atoms with van der Waals surface area (Å²) in [6, 6.07) is 13.9. The monoisotopic (exact) mass is 360 g/mol. The highest BCUT2D eigenvalue weighted by Crippen LogP contribution is 2.20. The Morgan fingerprint density at radius 2 is 1.89 bits per heavy atom. The Morgan fingerprint density at radius 3 is 2.59 bits per heavy atom. The van der Waals surface area contributed by atoms with Gasteiger partial charge in [-0.1, -0.05) is 35.5 Å². The van der Waals surface area contributed by atoms with E-state index in [0.717, 1.165) is 28.5 Å². The summed E-state index contributed by atoms with van der Waals surface area (Å²) in [5.74, 6) is 2.88. The Hall–Kier alpha value is -3.48. The number of anilines is 1. The number of hydrogen-bond donors (Lipinski definition) is 1. The summed E-state index contributed by atoms with van der Waals surface area (Å²) < 4.78 is 5.39. The molecule has 0 aliphatic carbocycles. The lowest BCUT2D eigenvalue weighted by atomic mass is 10.1. The molecule has 0 aliphatic heterocycles. The van der Waals surface area contributed by atoms with E-state index >= 15 is 0 Å². The molecule has 27 heavy (non-hydrogen) atoms. The molecule has 3 aromatic heterocycles. The van der Waals surface area contributed by atoms with Crippen LogP contribution in [0, 0.1) is 6.92 Å². The van der Waals surface area contributed by atoms with Gasteiger partial charge in [0.2, 0.25) is 0 Å². The van der Waals surface area contributed by atoms with Crippen LogP contribution >= 0.6 is 0 Å². The van der Waals surface area contributed by atoms with Crippen molar-refractivity contribution in [1.29, 1.82) is 0 Å². The van der Waals surface area contributed by atoms with Crippen LogP contribution in [0.3, 0.4) is 0 Å². The number of rotatable bonds is 6. The number of nitrogens with one attached hydrogen (secondary N) is 1. The molecule has 0 spiro atoms. The van der Waals surface area contributed by atoms with Gasteiger partial charge in [0.1, 0.15) is 11.6 Å². The third-order valence-electron chi connectivity index (χ3n) is 4.20. The number of pyridine rings is 1. The lowest BCUT2D eigenvalue weighted by Gasteiger charge is -2.16. The molecule has 1 N–H and O–H groups in total. The van der Waals surface area contributed by atoms with Gasteiger partial charge in [-0.2, -0.15) is 4.98 Å². The SMILES string of the molecule is Cc1cnc(CN(C)c2ccc(-c3nc(Cc4ccccc4)no3)cn2)[nH]1. The van der Waals surface area contributed by atoms with Crippen LogP contribution in [0.25, 0.3) is 11.5 Å². The Labute approximate surface area is 157 Å². The molecular formula is C20H20N6O. The number of hydrogen-bond acceptors (Lipinski definition) is 6. The van der Waals surface area contributed by atoms with Crippen LogP contribution in [-0.4, -0.2) is 32.1 Å². The molecule has 7 heteroatoms. The number of aromatic amines is 1. The van der Waals surface area contributed by atoms with Crippen LogP contribution in [0.1, 0.15) is 22.9 Å². The summed E-state index contributed by atoms with van der Waals surface area (Å²) in [6.07, 6.45) is 4.21. The second-order valence-electron chi connectivity index (χ2n) is 6.45. The highest BCUT2D eigenvalue weighted by Gasteiger charge is 2.11. The van der Waals surface area contributed by atoms with Gasteiger partial charge in [0.15, 0.2) is 5.82 Å². The predicted octanol–water partition coefficient (Wildman–Crippen LogP) is 3.39. The zero-order valence-electron chi connectivity index (χ0n) is 15.3. The number of aromatic nitrogens is 5. The van der Waals surface area contributed by atoms with Crippen LogP contribution in [0.4, 0.5) is 5.82 Å². The fourth-order valence-corrected chi connectivity index (χ4v) is 2.81. The maximum Gasteiger partial charge on any atom is 0.259 e. The van der Waals surface area contributed by atoms with E-state index in [9.17, 15) is 0 Å². The van der Waals surface area contributed by atoms with Gasteiger partial charge in [-0.3, -0.25) is 0 Å². The van der Waals surface area contributed by atoms with Crippen LogP contribution in [0.5, 0.6) is 0 Å². The maximum absolute atomic E-state index is 5.39. The first-order valence-corrected chi connectivity index (χ1v) is 8.72. The minimum Gasteiger partial charge on any atom is -0.352 e. The molecule has 3 heterocycles. The summed E-state index contributed by atoms with van der Waals surface area (Å²) in [6.45, 7) is 2.64. The topological polar surface area (TPSA) is 83.7 Å². The number of aryl methyl sites for hydroxylation is 1. The third-order valence-corrected chi connectivity index (χ3v) is 4.20. The first-order valence-electron chi connectivity index (χ1n) is 8.72. The van der Waals surface area contributed by atoms with Crippen molar-refractivity contribution in [3.8, 4) is 11.5 Å². The quantitative estimate of drug-likeness (QED) is 0.567. The van der Waals surface area contributed by atoms with Crippen molar-refractivity contribution >= 4 is 5.82 Å². The van der Waals surface area contributed by atoms with Gasteiger partial charge in [0.05, 0.1) is 12.1 Å². The molecule has 4 rings (SSSR count). The average molecular weight is 360 g/mol. The Morgan fingerprint density at radius 1 is 1.04 bits per heavy atom. The molecule has 0 saturated heterocycles. The van der Waals surface area contributed by atoms with Crippen molar-refractivity contribution < 1.29 is 4.52 Å². The molecule has 136 valence electrons. The second-order valence-corrected chi connectivity index (χ2v) is 6.45. The second kappa shape index (κ2) is 7.41. The van der Waals surface area contributed by atoms with E-state index in [1.54, 1.807) is 6.20 Å². The normalized spacial score (nSPS) is 10.9. The summed E-state index contributed by atoms with van der Waals surface area (Å²) in [7, 11) is 1.98. The Bertz CT molecular complexity index is 1010. The van der Waals surface area contributed by atoms with E-state index in [1.807, 2.05) is 67.5 Å². The third kappa shape index (κ3) is 4.03. The minimum atomic E-state index is 0.476. The molecule has 0 fully saturated rings. The van der Waals surface area contributed by atoms with Crippen LogP contribution in [0.15, 0.2) is 59.4 Å². The number of imidazole rings is 1. The van der Waals surface area contributed by atoms with E-state index in [0.29, 0.717) is 24.7 Å². The molecule has 0 atom stereocenters. The van der Waals surface area contributed by atoms with Crippen LogP contribution in [-0.2, 0) is 13.0 Å². The fraction of sp³-hybridized carbons (Fsp3) is 0.200. The van der Waals surface area contributed by atoms with E-state index < -0.39 is 0 Å².